The molecule has 0 bridgehead atoms. The van der Waals surface area contributed by atoms with Crippen LogP contribution in [0.2, 0.25) is 0 Å². The third-order valence-corrected chi connectivity index (χ3v) is 3.60. The Labute approximate surface area is 123 Å². The predicted molar refractivity (Wildman–Crippen MR) is 75.7 cm³/mol. The molecule has 21 heavy (non-hydrogen) atoms. The smallest absolute Gasteiger partial charge is 0.270 e. The maximum Gasteiger partial charge on any atom is 0.270 e. The average molecular weight is 295 g/mol. The largest absolute Gasteiger partial charge is 0.382 e. The highest BCUT2D eigenvalue weighted by molar-refractivity contribution is 5.93. The van der Waals surface area contributed by atoms with E-state index in [9.17, 15) is 9.59 Å². The van der Waals surface area contributed by atoms with Gasteiger partial charge in [0.15, 0.2) is 0 Å². The van der Waals surface area contributed by atoms with Gasteiger partial charge in [0.05, 0.1) is 26.2 Å². The third kappa shape index (κ3) is 3.43. The van der Waals surface area contributed by atoms with Gasteiger partial charge in [0.1, 0.15) is 11.3 Å². The summed E-state index contributed by atoms with van der Waals surface area (Å²) >= 11 is 0. The van der Waals surface area contributed by atoms with Gasteiger partial charge >= 0.3 is 0 Å². The number of carbonyl (C=O) groups excluding carboxylic acids is 2. The van der Waals surface area contributed by atoms with Crippen LogP contribution in [0.15, 0.2) is 18.3 Å². The lowest BCUT2D eigenvalue weighted by atomic mass is 9.97. The Balaban J connectivity index is 2.16. The lowest BCUT2D eigenvalue weighted by molar-refractivity contribution is -0.148. The highest BCUT2D eigenvalue weighted by Gasteiger charge is 2.40. The average Bonchev–Trinajstić information content (AvgIpc) is 2.83. The van der Waals surface area contributed by atoms with Crippen LogP contribution in [0.5, 0.6) is 0 Å². The van der Waals surface area contributed by atoms with E-state index < -0.39 is 11.5 Å². The van der Waals surface area contributed by atoms with E-state index in [1.807, 2.05) is 19.3 Å². The molecule has 2 rings (SSSR count). The second-order valence-electron chi connectivity index (χ2n) is 5.34. The number of methoxy groups -OCH3 is 1. The highest BCUT2D eigenvalue weighted by atomic mass is 16.5. The SMILES string of the molecule is COC[C@]1(CC(N)=O)CN(C(=O)c2cccn2C)CCO1. The molecule has 1 aromatic rings. The van der Waals surface area contributed by atoms with Crippen LogP contribution >= 0.6 is 0 Å². The number of carbonyl (C=O) groups is 2. The zero-order valence-electron chi connectivity index (χ0n) is 12.4. The molecule has 2 amide bonds. The molecule has 2 N–H and O–H groups in total. The van der Waals surface area contributed by atoms with Crippen LogP contribution in [0.1, 0.15) is 16.9 Å². The number of primary amides is 1. The van der Waals surface area contributed by atoms with E-state index in [2.05, 4.69) is 0 Å². The van der Waals surface area contributed by atoms with Crippen molar-refractivity contribution in [3.63, 3.8) is 0 Å². The van der Waals surface area contributed by atoms with Crippen LogP contribution in [-0.4, -0.2) is 60.3 Å². The molecule has 1 atom stereocenters. The molecule has 0 spiro atoms. The first-order chi connectivity index (χ1) is 9.97. The van der Waals surface area contributed by atoms with Crippen molar-refractivity contribution in [3.05, 3.63) is 24.0 Å². The third-order valence-electron chi connectivity index (χ3n) is 3.60. The van der Waals surface area contributed by atoms with Crippen LogP contribution in [0, 0.1) is 0 Å². The van der Waals surface area contributed by atoms with Crippen molar-refractivity contribution in [2.75, 3.05) is 33.4 Å². The van der Waals surface area contributed by atoms with E-state index in [4.69, 9.17) is 15.2 Å². The molecule has 1 saturated heterocycles. The fraction of sp³-hybridized carbons (Fsp3) is 0.571. The lowest BCUT2D eigenvalue weighted by Gasteiger charge is -2.41. The molecule has 0 aromatic carbocycles. The zero-order chi connectivity index (χ0) is 15.5. The van der Waals surface area contributed by atoms with E-state index in [0.29, 0.717) is 18.8 Å². The second-order valence-corrected chi connectivity index (χ2v) is 5.34. The van der Waals surface area contributed by atoms with Crippen LogP contribution in [0.3, 0.4) is 0 Å². The van der Waals surface area contributed by atoms with Gasteiger partial charge in [-0.25, -0.2) is 0 Å². The summed E-state index contributed by atoms with van der Waals surface area (Å²) in [6, 6.07) is 3.59. The molecule has 7 nitrogen and oxygen atoms in total. The second kappa shape index (κ2) is 6.28. The summed E-state index contributed by atoms with van der Waals surface area (Å²) in [5, 5.41) is 0. The minimum absolute atomic E-state index is 0.0256. The molecule has 1 fully saturated rings. The summed E-state index contributed by atoms with van der Waals surface area (Å²) in [5.74, 6) is -0.559. The minimum Gasteiger partial charge on any atom is -0.382 e. The van der Waals surface area contributed by atoms with Crippen molar-refractivity contribution in [2.24, 2.45) is 12.8 Å². The van der Waals surface area contributed by atoms with E-state index in [1.54, 1.807) is 15.5 Å². The van der Waals surface area contributed by atoms with Crippen molar-refractivity contribution in [2.45, 2.75) is 12.0 Å². The standard InChI is InChI=1S/C14H21N3O4/c1-16-5-3-4-11(16)13(19)17-6-7-21-14(9-17,10-20-2)8-12(15)18/h3-5H,6-10H2,1-2H3,(H2,15,18)/t14-/m0/s1. The Hall–Kier alpha value is -1.86. The van der Waals surface area contributed by atoms with Crippen LogP contribution in [0.4, 0.5) is 0 Å². The van der Waals surface area contributed by atoms with Gasteiger partial charge in [-0.05, 0) is 12.1 Å². The number of rotatable bonds is 5. The fourth-order valence-corrected chi connectivity index (χ4v) is 2.69. The first-order valence-corrected chi connectivity index (χ1v) is 6.79. The Morgan fingerprint density at radius 2 is 2.29 bits per heavy atom. The van der Waals surface area contributed by atoms with E-state index in [-0.39, 0.29) is 25.5 Å². The van der Waals surface area contributed by atoms with Crippen LogP contribution in [0.25, 0.3) is 0 Å². The number of amides is 2. The topological polar surface area (TPSA) is 86.8 Å². The molecule has 1 aromatic heterocycles. The first kappa shape index (κ1) is 15.5. The van der Waals surface area contributed by atoms with E-state index in [1.165, 1.54) is 7.11 Å². The molecule has 0 saturated carbocycles. The molecule has 0 aliphatic carbocycles. The summed E-state index contributed by atoms with van der Waals surface area (Å²) in [4.78, 5) is 25.5. The number of morpholine rings is 1. The maximum atomic E-state index is 12.6. The monoisotopic (exact) mass is 295 g/mol. The number of nitrogens with zero attached hydrogens (tertiary/aromatic N) is 2. The van der Waals surface area contributed by atoms with Crippen molar-refractivity contribution in [1.29, 1.82) is 0 Å². The van der Waals surface area contributed by atoms with Crippen molar-refractivity contribution < 1.29 is 19.1 Å². The van der Waals surface area contributed by atoms with Gasteiger partial charge in [-0.15, -0.1) is 0 Å². The molecular weight excluding hydrogens is 274 g/mol. The van der Waals surface area contributed by atoms with Crippen LogP contribution < -0.4 is 5.73 Å². The minimum atomic E-state index is -0.861. The van der Waals surface area contributed by atoms with Gasteiger partial charge in [-0.2, -0.15) is 0 Å². The summed E-state index contributed by atoms with van der Waals surface area (Å²) in [7, 11) is 3.35. The zero-order valence-corrected chi connectivity index (χ0v) is 12.4. The first-order valence-electron chi connectivity index (χ1n) is 6.79. The molecule has 1 aliphatic rings. The number of hydrogen-bond acceptors (Lipinski definition) is 4. The predicted octanol–water partition coefficient (Wildman–Crippen LogP) is -0.242. The van der Waals surface area contributed by atoms with Crippen molar-refractivity contribution >= 4 is 11.8 Å². The van der Waals surface area contributed by atoms with Gasteiger partial charge in [0.2, 0.25) is 5.91 Å². The Bertz CT molecular complexity index is 524. The van der Waals surface area contributed by atoms with Crippen molar-refractivity contribution in [1.82, 2.24) is 9.47 Å². The molecule has 0 unspecified atom stereocenters. The number of aryl methyl sites for hydroxylation is 1. The lowest BCUT2D eigenvalue weighted by Crippen LogP contribution is -2.57. The molecular formula is C14H21N3O4. The van der Waals surface area contributed by atoms with Crippen molar-refractivity contribution in [3.8, 4) is 0 Å². The molecule has 0 radical (unpaired) electrons. The van der Waals surface area contributed by atoms with Crippen LogP contribution in [-0.2, 0) is 21.3 Å². The number of ether oxygens (including phenoxy) is 2. The van der Waals surface area contributed by atoms with Gasteiger partial charge in [-0.3, -0.25) is 9.59 Å². The summed E-state index contributed by atoms with van der Waals surface area (Å²) in [6.45, 7) is 1.34. The molecule has 1 aliphatic heterocycles. The summed E-state index contributed by atoms with van der Waals surface area (Å²) in [6.07, 6.45) is 1.84. The summed E-state index contributed by atoms with van der Waals surface area (Å²) in [5.41, 5.74) is 5.03. The Kier molecular flexibility index (Phi) is 4.64. The molecule has 116 valence electrons. The molecule has 2 heterocycles. The summed E-state index contributed by atoms with van der Waals surface area (Å²) < 4.78 is 12.6. The Morgan fingerprint density at radius 3 is 2.86 bits per heavy atom. The van der Waals surface area contributed by atoms with Gasteiger partial charge in [-0.1, -0.05) is 0 Å². The normalized spacial score (nSPS) is 22.3. The van der Waals surface area contributed by atoms with Gasteiger partial charge < -0.3 is 24.7 Å². The van der Waals surface area contributed by atoms with Gasteiger partial charge in [0.25, 0.3) is 5.91 Å². The maximum absolute atomic E-state index is 12.6. The Morgan fingerprint density at radius 1 is 1.52 bits per heavy atom. The molecule has 7 heteroatoms. The number of nitrogens with two attached hydrogens (primary N) is 1. The van der Waals surface area contributed by atoms with E-state index in [0.717, 1.165) is 0 Å². The number of hydrogen-bond donors (Lipinski definition) is 1. The number of aromatic nitrogens is 1. The highest BCUT2D eigenvalue weighted by Crippen LogP contribution is 2.23. The van der Waals surface area contributed by atoms with Gasteiger partial charge in [0, 0.05) is 26.9 Å². The fourth-order valence-electron chi connectivity index (χ4n) is 2.69. The van der Waals surface area contributed by atoms with E-state index >= 15 is 0 Å². The quantitative estimate of drug-likeness (QED) is 0.812.